The molecule has 3 heterocycles. The van der Waals surface area contributed by atoms with Gasteiger partial charge in [-0.3, -0.25) is 0 Å². The molecule has 0 unspecified atom stereocenters. The Morgan fingerprint density at radius 3 is 2.61 bits per heavy atom. The molecule has 4 rings (SSSR count). The Bertz CT molecular complexity index is 714. The molecule has 2 aliphatic heterocycles. The summed E-state index contributed by atoms with van der Waals surface area (Å²) >= 11 is 0. The standard InChI is InChI=1S/C17H20N4O2/c1-12-18-16(11-17(19-12)21-6-2-3-7-21)20-13-4-5-14-15(10-13)23-9-8-22-14/h4-5,10-11H,2-3,6-9H2,1H3,(H,18,19,20). The fraction of sp³-hybridized carbons (Fsp3) is 0.412. The van der Waals surface area contributed by atoms with Crippen molar-refractivity contribution < 1.29 is 9.47 Å². The van der Waals surface area contributed by atoms with E-state index in [1.165, 1.54) is 12.8 Å². The predicted octanol–water partition coefficient (Wildman–Crippen LogP) is 2.90. The molecule has 2 aromatic rings. The summed E-state index contributed by atoms with van der Waals surface area (Å²) < 4.78 is 11.2. The first kappa shape index (κ1) is 14.1. The minimum Gasteiger partial charge on any atom is -0.486 e. The average molecular weight is 312 g/mol. The topological polar surface area (TPSA) is 59.5 Å². The van der Waals surface area contributed by atoms with Crippen molar-refractivity contribution in [2.75, 3.05) is 36.5 Å². The van der Waals surface area contributed by atoms with Gasteiger partial charge in [0.25, 0.3) is 0 Å². The Morgan fingerprint density at radius 2 is 1.78 bits per heavy atom. The van der Waals surface area contributed by atoms with Crippen molar-refractivity contribution >= 4 is 17.3 Å². The number of fused-ring (bicyclic) bond motifs is 1. The van der Waals surface area contributed by atoms with Crippen LogP contribution in [0, 0.1) is 6.92 Å². The van der Waals surface area contributed by atoms with E-state index in [1.54, 1.807) is 0 Å². The normalized spacial score (nSPS) is 16.5. The molecule has 23 heavy (non-hydrogen) atoms. The second-order valence-corrected chi connectivity index (χ2v) is 5.84. The number of ether oxygens (including phenoxy) is 2. The van der Waals surface area contributed by atoms with Gasteiger partial charge in [0.2, 0.25) is 0 Å². The highest BCUT2D eigenvalue weighted by atomic mass is 16.6. The molecule has 1 aromatic carbocycles. The Labute approximate surface area is 135 Å². The fourth-order valence-electron chi connectivity index (χ4n) is 2.99. The maximum absolute atomic E-state index is 5.62. The highest BCUT2D eigenvalue weighted by molar-refractivity contribution is 5.63. The molecule has 120 valence electrons. The van der Waals surface area contributed by atoms with Gasteiger partial charge in [-0.25, -0.2) is 9.97 Å². The van der Waals surface area contributed by atoms with Crippen molar-refractivity contribution in [3.63, 3.8) is 0 Å². The number of aromatic nitrogens is 2. The zero-order valence-corrected chi connectivity index (χ0v) is 13.2. The van der Waals surface area contributed by atoms with Crippen LogP contribution in [0.3, 0.4) is 0 Å². The Morgan fingerprint density at radius 1 is 1.00 bits per heavy atom. The molecule has 6 heteroatoms. The SMILES string of the molecule is Cc1nc(Nc2ccc3c(c2)OCCO3)cc(N2CCCC2)n1. The monoisotopic (exact) mass is 312 g/mol. The molecular weight excluding hydrogens is 292 g/mol. The lowest BCUT2D eigenvalue weighted by molar-refractivity contribution is 0.171. The maximum Gasteiger partial charge on any atom is 0.163 e. The van der Waals surface area contributed by atoms with Gasteiger partial charge in [0.1, 0.15) is 30.7 Å². The van der Waals surface area contributed by atoms with Crippen molar-refractivity contribution in [3.05, 3.63) is 30.1 Å². The van der Waals surface area contributed by atoms with E-state index in [-0.39, 0.29) is 0 Å². The quantitative estimate of drug-likeness (QED) is 0.940. The van der Waals surface area contributed by atoms with E-state index in [9.17, 15) is 0 Å². The van der Waals surface area contributed by atoms with E-state index in [0.29, 0.717) is 13.2 Å². The van der Waals surface area contributed by atoms with Crippen LogP contribution in [0.2, 0.25) is 0 Å². The molecule has 1 fully saturated rings. The molecule has 0 spiro atoms. The summed E-state index contributed by atoms with van der Waals surface area (Å²) in [6.07, 6.45) is 2.46. The summed E-state index contributed by atoms with van der Waals surface area (Å²) in [5.41, 5.74) is 0.930. The van der Waals surface area contributed by atoms with Crippen molar-refractivity contribution in [1.82, 2.24) is 9.97 Å². The van der Waals surface area contributed by atoms with Crippen molar-refractivity contribution in [2.45, 2.75) is 19.8 Å². The van der Waals surface area contributed by atoms with E-state index < -0.39 is 0 Å². The first-order valence-electron chi connectivity index (χ1n) is 8.05. The zero-order chi connectivity index (χ0) is 15.6. The predicted molar refractivity (Wildman–Crippen MR) is 88.9 cm³/mol. The summed E-state index contributed by atoms with van der Waals surface area (Å²) in [5.74, 6) is 4.13. The number of nitrogens with one attached hydrogen (secondary N) is 1. The van der Waals surface area contributed by atoms with Crippen LogP contribution in [-0.4, -0.2) is 36.3 Å². The van der Waals surface area contributed by atoms with Crippen LogP contribution in [-0.2, 0) is 0 Å². The fourth-order valence-corrected chi connectivity index (χ4v) is 2.99. The molecular formula is C17H20N4O2. The van der Waals surface area contributed by atoms with Gasteiger partial charge >= 0.3 is 0 Å². The van der Waals surface area contributed by atoms with Gasteiger partial charge < -0.3 is 19.7 Å². The van der Waals surface area contributed by atoms with Gasteiger partial charge in [0, 0.05) is 30.9 Å². The van der Waals surface area contributed by atoms with Crippen LogP contribution in [0.4, 0.5) is 17.3 Å². The van der Waals surface area contributed by atoms with Crippen molar-refractivity contribution in [2.24, 2.45) is 0 Å². The summed E-state index contributed by atoms with van der Waals surface area (Å²) in [7, 11) is 0. The number of rotatable bonds is 3. The lowest BCUT2D eigenvalue weighted by atomic mass is 10.2. The Hall–Kier alpha value is -2.50. The highest BCUT2D eigenvalue weighted by Gasteiger charge is 2.16. The van der Waals surface area contributed by atoms with Gasteiger partial charge in [-0.15, -0.1) is 0 Å². The number of nitrogens with zero attached hydrogens (tertiary/aromatic N) is 3. The number of benzene rings is 1. The lowest BCUT2D eigenvalue weighted by Crippen LogP contribution is -2.19. The Balaban J connectivity index is 1.58. The smallest absolute Gasteiger partial charge is 0.163 e. The molecule has 0 aliphatic carbocycles. The maximum atomic E-state index is 5.62. The molecule has 0 saturated carbocycles. The molecule has 1 N–H and O–H groups in total. The second kappa shape index (κ2) is 5.95. The van der Waals surface area contributed by atoms with Gasteiger partial charge in [0.15, 0.2) is 11.5 Å². The first-order chi connectivity index (χ1) is 11.3. The van der Waals surface area contributed by atoms with E-state index in [4.69, 9.17) is 9.47 Å². The number of aryl methyl sites for hydroxylation is 1. The number of anilines is 3. The number of hydrogen-bond donors (Lipinski definition) is 1. The van der Waals surface area contributed by atoms with Crippen LogP contribution >= 0.6 is 0 Å². The second-order valence-electron chi connectivity index (χ2n) is 5.84. The third kappa shape index (κ3) is 3.02. The summed E-state index contributed by atoms with van der Waals surface area (Å²) in [6, 6.07) is 7.85. The molecule has 2 aliphatic rings. The summed E-state index contributed by atoms with van der Waals surface area (Å²) in [6.45, 7) is 5.25. The van der Waals surface area contributed by atoms with Crippen LogP contribution in [0.1, 0.15) is 18.7 Å². The van der Waals surface area contributed by atoms with Crippen molar-refractivity contribution in [1.29, 1.82) is 0 Å². The molecule has 0 bridgehead atoms. The van der Waals surface area contributed by atoms with Crippen LogP contribution in [0.25, 0.3) is 0 Å². The highest BCUT2D eigenvalue weighted by Crippen LogP contribution is 2.33. The minimum atomic E-state index is 0.585. The first-order valence-corrected chi connectivity index (χ1v) is 8.05. The summed E-state index contributed by atoms with van der Waals surface area (Å²) in [4.78, 5) is 11.4. The summed E-state index contributed by atoms with van der Waals surface area (Å²) in [5, 5.41) is 3.35. The van der Waals surface area contributed by atoms with E-state index >= 15 is 0 Å². The number of hydrogen-bond acceptors (Lipinski definition) is 6. The van der Waals surface area contributed by atoms with E-state index in [2.05, 4.69) is 20.2 Å². The Kier molecular flexibility index (Phi) is 3.65. The van der Waals surface area contributed by atoms with Crippen molar-refractivity contribution in [3.8, 4) is 11.5 Å². The molecule has 1 saturated heterocycles. The molecule has 6 nitrogen and oxygen atoms in total. The molecule has 1 aromatic heterocycles. The molecule has 0 atom stereocenters. The van der Waals surface area contributed by atoms with Crippen LogP contribution < -0.4 is 19.7 Å². The minimum absolute atomic E-state index is 0.585. The lowest BCUT2D eigenvalue weighted by Gasteiger charge is -2.20. The third-order valence-corrected chi connectivity index (χ3v) is 4.07. The average Bonchev–Trinajstić information content (AvgIpc) is 3.09. The van der Waals surface area contributed by atoms with E-state index in [0.717, 1.165) is 47.7 Å². The van der Waals surface area contributed by atoms with Gasteiger partial charge in [0.05, 0.1) is 0 Å². The van der Waals surface area contributed by atoms with Crippen LogP contribution in [0.5, 0.6) is 11.5 Å². The van der Waals surface area contributed by atoms with Gasteiger partial charge in [-0.1, -0.05) is 0 Å². The van der Waals surface area contributed by atoms with Gasteiger partial charge in [-0.05, 0) is 31.9 Å². The van der Waals surface area contributed by atoms with Crippen LogP contribution in [0.15, 0.2) is 24.3 Å². The van der Waals surface area contributed by atoms with E-state index in [1.807, 2.05) is 31.2 Å². The third-order valence-electron chi connectivity index (χ3n) is 4.07. The largest absolute Gasteiger partial charge is 0.486 e. The zero-order valence-electron chi connectivity index (χ0n) is 13.2. The molecule has 0 amide bonds. The van der Waals surface area contributed by atoms with Gasteiger partial charge in [-0.2, -0.15) is 0 Å². The molecule has 0 radical (unpaired) electrons.